The third-order valence-electron chi connectivity index (χ3n) is 4.87. The molecule has 0 radical (unpaired) electrons. The maximum absolute atomic E-state index is 5.32. The molecule has 0 spiro atoms. The summed E-state index contributed by atoms with van der Waals surface area (Å²) in [5.74, 6) is 1.99. The van der Waals surface area contributed by atoms with E-state index in [-0.39, 0.29) is 0 Å². The number of ether oxygens (including phenoxy) is 1. The molecular formula is C22H36N3OS+. The Morgan fingerprint density at radius 2 is 1.63 bits per heavy atom. The summed E-state index contributed by atoms with van der Waals surface area (Å²) in [6.07, 6.45) is 17.1. The van der Waals surface area contributed by atoms with E-state index in [1.807, 2.05) is 36.3 Å². The molecule has 0 amide bonds. The third-order valence-corrected chi connectivity index (χ3v) is 5.92. The number of benzene rings is 1. The van der Waals surface area contributed by atoms with Crippen LogP contribution in [0.2, 0.25) is 0 Å². The molecule has 2 aromatic rings. The highest BCUT2D eigenvalue weighted by atomic mass is 32.2. The molecule has 0 saturated carbocycles. The predicted octanol–water partition coefficient (Wildman–Crippen LogP) is 6.10. The van der Waals surface area contributed by atoms with Gasteiger partial charge in [-0.25, -0.2) is 0 Å². The van der Waals surface area contributed by atoms with Crippen LogP contribution in [0, 0.1) is 0 Å². The van der Waals surface area contributed by atoms with Gasteiger partial charge in [0.25, 0.3) is 11.5 Å². The molecule has 0 saturated heterocycles. The van der Waals surface area contributed by atoms with E-state index in [0.29, 0.717) is 0 Å². The maximum Gasteiger partial charge on any atom is 0.298 e. The highest BCUT2D eigenvalue weighted by molar-refractivity contribution is 7.99. The lowest BCUT2D eigenvalue weighted by atomic mass is 10.1. The number of H-pyrrole nitrogens is 1. The van der Waals surface area contributed by atoms with Gasteiger partial charge in [-0.15, -0.1) is 5.10 Å². The number of unbranched alkanes of at least 4 members (excludes halogenated alkanes) is 10. The van der Waals surface area contributed by atoms with Crippen LogP contribution in [0.5, 0.6) is 5.75 Å². The zero-order valence-corrected chi connectivity index (χ0v) is 17.9. The summed E-state index contributed by atoms with van der Waals surface area (Å²) in [7, 11) is 1.70. The van der Waals surface area contributed by atoms with Crippen molar-refractivity contribution in [3.8, 4) is 11.4 Å². The van der Waals surface area contributed by atoms with E-state index in [0.717, 1.165) is 22.3 Å². The Balaban J connectivity index is 1.57. The molecule has 1 aromatic heterocycles. The first kappa shape index (κ1) is 21.8. The van der Waals surface area contributed by atoms with E-state index in [2.05, 4.69) is 27.8 Å². The van der Waals surface area contributed by atoms with Crippen molar-refractivity contribution in [1.29, 1.82) is 0 Å². The van der Waals surface area contributed by atoms with E-state index >= 15 is 0 Å². The lowest BCUT2D eigenvalue weighted by molar-refractivity contribution is -0.636. The molecule has 1 aromatic carbocycles. The Hall–Kier alpha value is -1.49. The van der Waals surface area contributed by atoms with Crippen LogP contribution in [0.15, 0.2) is 35.7 Å². The van der Waals surface area contributed by atoms with Crippen molar-refractivity contribution in [3.63, 3.8) is 0 Å². The van der Waals surface area contributed by atoms with Gasteiger partial charge >= 0.3 is 0 Å². The summed E-state index contributed by atoms with van der Waals surface area (Å²) < 4.78 is 7.41. The molecule has 0 aliphatic carbocycles. The van der Waals surface area contributed by atoms with E-state index in [9.17, 15) is 0 Å². The number of thioether (sulfide) groups is 1. The number of nitrogens with one attached hydrogen (secondary N) is 1. The zero-order valence-electron chi connectivity index (χ0n) is 17.1. The minimum Gasteiger partial charge on any atom is -0.497 e. The van der Waals surface area contributed by atoms with Crippen molar-refractivity contribution < 1.29 is 9.30 Å². The molecule has 0 atom stereocenters. The molecule has 1 N–H and O–H groups in total. The number of methoxy groups -OCH3 is 1. The number of hydrogen-bond acceptors (Lipinski definition) is 3. The number of rotatable bonds is 15. The molecule has 0 unspecified atom stereocenters. The molecule has 0 aliphatic rings. The standard InChI is InChI=1S/C22H35N3OS/c1-3-4-5-6-7-8-9-10-11-12-13-17-27-22-24-23-19-25(22)20-15-14-16-21(18-20)26-2/h14-16,18-19H,3-13,17H2,1-2H3/p+1. The largest absolute Gasteiger partial charge is 0.497 e. The summed E-state index contributed by atoms with van der Waals surface area (Å²) in [5, 5.41) is 8.40. The van der Waals surface area contributed by atoms with Crippen LogP contribution < -0.4 is 9.30 Å². The van der Waals surface area contributed by atoms with Gasteiger partial charge in [-0.05, 0) is 18.6 Å². The molecule has 4 nitrogen and oxygen atoms in total. The Morgan fingerprint density at radius 1 is 0.963 bits per heavy atom. The lowest BCUT2D eigenvalue weighted by Gasteiger charge is -2.04. The number of aromatic amines is 1. The molecule has 0 fully saturated rings. The van der Waals surface area contributed by atoms with E-state index in [4.69, 9.17) is 4.74 Å². The zero-order chi connectivity index (χ0) is 19.2. The summed E-state index contributed by atoms with van der Waals surface area (Å²) in [5.41, 5.74) is 1.07. The summed E-state index contributed by atoms with van der Waals surface area (Å²) in [6.45, 7) is 2.28. The average Bonchev–Trinajstić information content (AvgIpc) is 3.17. The molecule has 0 bridgehead atoms. The van der Waals surface area contributed by atoms with Gasteiger partial charge in [-0.1, -0.05) is 89.0 Å². The summed E-state index contributed by atoms with van der Waals surface area (Å²) >= 11 is 1.85. The van der Waals surface area contributed by atoms with Crippen LogP contribution in [0.4, 0.5) is 0 Å². The first-order chi connectivity index (χ1) is 13.3. The molecule has 2 rings (SSSR count). The van der Waals surface area contributed by atoms with Crippen molar-refractivity contribution in [1.82, 2.24) is 10.2 Å². The number of aromatic nitrogens is 3. The first-order valence-corrected chi connectivity index (χ1v) is 11.6. The molecular weight excluding hydrogens is 354 g/mol. The van der Waals surface area contributed by atoms with Crippen LogP contribution in [-0.4, -0.2) is 23.1 Å². The average molecular weight is 391 g/mol. The molecule has 27 heavy (non-hydrogen) atoms. The normalized spacial score (nSPS) is 11.0. The molecule has 150 valence electrons. The van der Waals surface area contributed by atoms with E-state index in [1.165, 1.54) is 70.6 Å². The van der Waals surface area contributed by atoms with Gasteiger partial charge in [0, 0.05) is 16.9 Å². The quantitative estimate of drug-likeness (QED) is 0.227. The van der Waals surface area contributed by atoms with Gasteiger partial charge in [0.05, 0.1) is 7.11 Å². The van der Waals surface area contributed by atoms with E-state index < -0.39 is 0 Å². The molecule has 0 aliphatic heterocycles. The van der Waals surface area contributed by atoms with Crippen molar-refractivity contribution in [2.45, 2.75) is 82.7 Å². The minimum atomic E-state index is 0.863. The van der Waals surface area contributed by atoms with Gasteiger partial charge in [0.1, 0.15) is 11.4 Å². The summed E-state index contributed by atoms with van der Waals surface area (Å²) in [6, 6.07) is 8.07. The third kappa shape index (κ3) is 8.37. The predicted molar refractivity (Wildman–Crippen MR) is 114 cm³/mol. The number of hydrogen-bond donors (Lipinski definition) is 1. The molecule has 1 heterocycles. The second-order valence-electron chi connectivity index (χ2n) is 7.12. The fourth-order valence-corrected chi connectivity index (χ4v) is 4.18. The van der Waals surface area contributed by atoms with Crippen LogP contribution in [0.25, 0.3) is 5.69 Å². The Bertz CT molecular complexity index is 630. The van der Waals surface area contributed by atoms with Crippen molar-refractivity contribution in [3.05, 3.63) is 30.6 Å². The van der Waals surface area contributed by atoms with Gasteiger partial charge < -0.3 is 4.74 Å². The molecule has 5 heteroatoms. The summed E-state index contributed by atoms with van der Waals surface area (Å²) in [4.78, 5) is 0. The first-order valence-electron chi connectivity index (χ1n) is 10.6. The number of nitrogens with zero attached hydrogens (tertiary/aromatic N) is 2. The Labute approximate surface area is 169 Å². The Kier molecular flexibility index (Phi) is 11.0. The maximum atomic E-state index is 5.32. The van der Waals surface area contributed by atoms with Crippen LogP contribution in [0.1, 0.15) is 77.6 Å². The van der Waals surface area contributed by atoms with Crippen LogP contribution in [-0.2, 0) is 0 Å². The van der Waals surface area contributed by atoms with Gasteiger partial charge in [-0.3, -0.25) is 0 Å². The van der Waals surface area contributed by atoms with E-state index in [1.54, 1.807) is 7.11 Å². The topological polar surface area (TPSA) is 41.8 Å². The fraction of sp³-hybridized carbons (Fsp3) is 0.636. The highest BCUT2D eigenvalue weighted by Gasteiger charge is 2.14. The van der Waals surface area contributed by atoms with Crippen molar-refractivity contribution >= 4 is 11.8 Å². The lowest BCUT2D eigenvalue weighted by Crippen LogP contribution is -2.30. The second-order valence-corrected chi connectivity index (χ2v) is 8.20. The van der Waals surface area contributed by atoms with Crippen molar-refractivity contribution in [2.75, 3.05) is 12.9 Å². The van der Waals surface area contributed by atoms with Gasteiger partial charge in [-0.2, -0.15) is 4.57 Å². The minimum absolute atomic E-state index is 0.863. The van der Waals surface area contributed by atoms with Crippen LogP contribution in [0.3, 0.4) is 0 Å². The fourth-order valence-electron chi connectivity index (χ4n) is 3.23. The highest BCUT2D eigenvalue weighted by Crippen LogP contribution is 2.18. The monoisotopic (exact) mass is 390 g/mol. The smallest absolute Gasteiger partial charge is 0.298 e. The van der Waals surface area contributed by atoms with Gasteiger partial charge in [0.2, 0.25) is 0 Å². The Morgan fingerprint density at radius 3 is 2.30 bits per heavy atom. The van der Waals surface area contributed by atoms with Crippen molar-refractivity contribution in [2.24, 2.45) is 0 Å². The SMILES string of the molecule is CCCCCCCCCCCCCSc1[nH]nc[n+]1-c1cccc(OC)c1. The van der Waals surface area contributed by atoms with Gasteiger partial charge in [0.15, 0.2) is 0 Å². The second kappa shape index (κ2) is 13.6. The van der Waals surface area contributed by atoms with Crippen LogP contribution >= 0.6 is 11.8 Å².